The fraction of sp³-hybridized carbons (Fsp3) is 0.316. The van der Waals surface area contributed by atoms with Crippen LogP contribution in [0.1, 0.15) is 30.1 Å². The van der Waals surface area contributed by atoms with Crippen LogP contribution in [0, 0.1) is 12.8 Å². The lowest BCUT2D eigenvalue weighted by molar-refractivity contribution is -0.124. The molecule has 1 N–H and O–H groups in total. The molecule has 0 saturated heterocycles. The zero-order chi connectivity index (χ0) is 17.8. The van der Waals surface area contributed by atoms with Gasteiger partial charge < -0.3 is 5.11 Å². The topological polar surface area (TPSA) is 74.7 Å². The van der Waals surface area contributed by atoms with Gasteiger partial charge in [0.15, 0.2) is 0 Å². The van der Waals surface area contributed by atoms with Gasteiger partial charge in [0, 0.05) is 12.0 Å². The number of carbonyl (C=O) groups is 1. The summed E-state index contributed by atoms with van der Waals surface area (Å²) in [5, 5.41) is 10.7. The quantitative estimate of drug-likeness (QED) is 0.896. The molecule has 2 aromatic carbocycles. The number of sulfonamides is 1. The molecule has 2 aliphatic rings. The first kappa shape index (κ1) is 16.3. The van der Waals surface area contributed by atoms with E-state index in [-0.39, 0.29) is 10.7 Å². The predicted octanol–water partition coefficient (Wildman–Crippen LogP) is 2.59. The van der Waals surface area contributed by atoms with Crippen molar-refractivity contribution in [3.63, 3.8) is 0 Å². The van der Waals surface area contributed by atoms with E-state index in [1.54, 1.807) is 48.5 Å². The van der Waals surface area contributed by atoms with Gasteiger partial charge >= 0.3 is 0 Å². The SMILES string of the molecule is Cc1ccc(S(=O)(=O)N2c3ccccc3[C@@H](O)[C@H]3C(=O)CC[C@H]32)cc1. The summed E-state index contributed by atoms with van der Waals surface area (Å²) in [5.41, 5.74) is 1.93. The number of Topliss-reactive ketones (excluding diaryl/α,β-unsaturated/α-hetero) is 1. The first-order valence-corrected chi connectivity index (χ1v) is 9.76. The second kappa shape index (κ2) is 5.68. The van der Waals surface area contributed by atoms with Crippen molar-refractivity contribution in [1.29, 1.82) is 0 Å². The Labute approximate surface area is 147 Å². The van der Waals surface area contributed by atoms with Gasteiger partial charge in [0.05, 0.1) is 28.6 Å². The molecule has 0 bridgehead atoms. The van der Waals surface area contributed by atoms with Gasteiger partial charge in [-0.2, -0.15) is 0 Å². The van der Waals surface area contributed by atoms with Crippen molar-refractivity contribution in [2.75, 3.05) is 4.31 Å². The molecule has 6 heteroatoms. The summed E-state index contributed by atoms with van der Waals surface area (Å²) in [6.07, 6.45) is -0.235. The standard InChI is InChI=1S/C19H19NO4S/c1-12-6-8-13(9-7-12)25(23,24)20-15-5-3-2-4-14(15)19(22)18-16(20)10-11-17(18)21/h2-9,16,18-19,22H,10-11H2,1H3/t16-,18-,19-/m1/s1. The lowest BCUT2D eigenvalue weighted by Crippen LogP contribution is -2.49. The Balaban J connectivity index is 1.91. The van der Waals surface area contributed by atoms with Crippen LogP contribution in [0.3, 0.4) is 0 Å². The molecule has 2 aromatic rings. The molecule has 25 heavy (non-hydrogen) atoms. The molecule has 1 saturated carbocycles. The van der Waals surface area contributed by atoms with Crippen molar-refractivity contribution in [3.05, 3.63) is 59.7 Å². The molecular formula is C19H19NO4S. The second-order valence-corrected chi connectivity index (χ2v) is 8.53. The Kier molecular flexibility index (Phi) is 3.70. The first-order chi connectivity index (χ1) is 11.9. The predicted molar refractivity (Wildman–Crippen MR) is 93.8 cm³/mol. The fourth-order valence-corrected chi connectivity index (χ4v) is 5.67. The summed E-state index contributed by atoms with van der Waals surface area (Å²) in [7, 11) is -3.82. The van der Waals surface area contributed by atoms with E-state index in [0.717, 1.165) is 5.56 Å². The average molecular weight is 357 g/mol. The molecule has 1 heterocycles. The van der Waals surface area contributed by atoms with Gasteiger partial charge in [-0.1, -0.05) is 35.9 Å². The minimum atomic E-state index is -3.82. The van der Waals surface area contributed by atoms with Crippen LogP contribution in [0.5, 0.6) is 0 Å². The van der Waals surface area contributed by atoms with Gasteiger partial charge in [0.25, 0.3) is 10.0 Å². The number of ketones is 1. The molecule has 130 valence electrons. The van der Waals surface area contributed by atoms with E-state index in [9.17, 15) is 18.3 Å². The largest absolute Gasteiger partial charge is 0.387 e. The number of aliphatic hydroxyl groups excluding tert-OH is 1. The minimum Gasteiger partial charge on any atom is -0.387 e. The van der Waals surface area contributed by atoms with Crippen LogP contribution in [0.25, 0.3) is 0 Å². The van der Waals surface area contributed by atoms with E-state index in [1.807, 2.05) is 6.92 Å². The Morgan fingerprint density at radius 3 is 2.48 bits per heavy atom. The van der Waals surface area contributed by atoms with Crippen LogP contribution < -0.4 is 4.31 Å². The van der Waals surface area contributed by atoms with E-state index in [2.05, 4.69) is 0 Å². The molecule has 4 rings (SSSR count). The van der Waals surface area contributed by atoms with Crippen molar-refractivity contribution >= 4 is 21.5 Å². The number of hydrogen-bond donors (Lipinski definition) is 1. The summed E-state index contributed by atoms with van der Waals surface area (Å²) in [6, 6.07) is 13.0. The van der Waals surface area contributed by atoms with Crippen molar-refractivity contribution in [2.24, 2.45) is 5.92 Å². The molecule has 0 radical (unpaired) electrons. The number of aliphatic hydroxyl groups is 1. The van der Waals surface area contributed by atoms with Crippen molar-refractivity contribution in [3.8, 4) is 0 Å². The van der Waals surface area contributed by atoms with Crippen LogP contribution in [0.15, 0.2) is 53.4 Å². The Morgan fingerprint density at radius 1 is 1.08 bits per heavy atom. The third-order valence-corrected chi connectivity index (χ3v) is 7.04. The lowest BCUT2D eigenvalue weighted by Gasteiger charge is -2.41. The van der Waals surface area contributed by atoms with Gasteiger partial charge in [-0.3, -0.25) is 9.10 Å². The number of aryl methyl sites for hydroxylation is 1. The first-order valence-electron chi connectivity index (χ1n) is 8.32. The molecular weight excluding hydrogens is 338 g/mol. The van der Waals surface area contributed by atoms with Crippen molar-refractivity contribution < 1.29 is 18.3 Å². The van der Waals surface area contributed by atoms with E-state index in [4.69, 9.17) is 0 Å². The molecule has 0 aromatic heterocycles. The van der Waals surface area contributed by atoms with Crippen LogP contribution in [0.2, 0.25) is 0 Å². The fourth-order valence-electron chi connectivity index (χ4n) is 3.94. The zero-order valence-electron chi connectivity index (χ0n) is 13.8. The summed E-state index contributed by atoms with van der Waals surface area (Å²) in [4.78, 5) is 12.5. The third kappa shape index (κ3) is 2.40. The number of nitrogens with zero attached hydrogens (tertiary/aromatic N) is 1. The van der Waals surface area contributed by atoms with Gasteiger partial charge in [-0.05, 0) is 31.5 Å². The maximum Gasteiger partial charge on any atom is 0.264 e. The average Bonchev–Trinajstić information content (AvgIpc) is 2.97. The molecule has 0 unspecified atom stereocenters. The molecule has 5 nitrogen and oxygen atoms in total. The summed E-state index contributed by atoms with van der Waals surface area (Å²) in [6.45, 7) is 1.90. The van der Waals surface area contributed by atoms with E-state index in [1.165, 1.54) is 4.31 Å². The van der Waals surface area contributed by atoms with Gasteiger partial charge in [0.2, 0.25) is 0 Å². The highest BCUT2D eigenvalue weighted by molar-refractivity contribution is 7.92. The monoisotopic (exact) mass is 357 g/mol. The maximum absolute atomic E-state index is 13.4. The van der Waals surface area contributed by atoms with E-state index < -0.39 is 28.1 Å². The smallest absolute Gasteiger partial charge is 0.264 e. The maximum atomic E-state index is 13.4. The van der Waals surface area contributed by atoms with Gasteiger partial charge in [0.1, 0.15) is 5.78 Å². The van der Waals surface area contributed by atoms with Crippen molar-refractivity contribution in [2.45, 2.75) is 36.8 Å². The zero-order valence-corrected chi connectivity index (χ0v) is 14.6. The lowest BCUT2D eigenvalue weighted by atomic mass is 9.86. The number of fused-ring (bicyclic) bond motifs is 2. The Hall–Kier alpha value is -2.18. The number of anilines is 1. The molecule has 1 aliphatic heterocycles. The Morgan fingerprint density at radius 2 is 1.76 bits per heavy atom. The highest BCUT2D eigenvalue weighted by Crippen LogP contribution is 2.48. The van der Waals surface area contributed by atoms with Crippen LogP contribution in [-0.2, 0) is 14.8 Å². The highest BCUT2D eigenvalue weighted by Gasteiger charge is 2.51. The molecule has 3 atom stereocenters. The van der Waals surface area contributed by atoms with Crippen LogP contribution in [0.4, 0.5) is 5.69 Å². The highest BCUT2D eigenvalue weighted by atomic mass is 32.2. The molecule has 0 amide bonds. The number of benzene rings is 2. The van der Waals surface area contributed by atoms with Gasteiger partial charge in [-0.15, -0.1) is 0 Å². The van der Waals surface area contributed by atoms with Crippen LogP contribution >= 0.6 is 0 Å². The van der Waals surface area contributed by atoms with Crippen LogP contribution in [-0.4, -0.2) is 25.3 Å². The number of hydrogen-bond acceptors (Lipinski definition) is 4. The molecule has 0 spiro atoms. The Bertz CT molecular complexity index is 936. The summed E-state index contributed by atoms with van der Waals surface area (Å²) in [5.74, 6) is -0.772. The number of carbonyl (C=O) groups excluding carboxylic acids is 1. The summed E-state index contributed by atoms with van der Waals surface area (Å²) < 4.78 is 28.1. The van der Waals surface area contributed by atoms with E-state index >= 15 is 0 Å². The minimum absolute atomic E-state index is 0.0730. The van der Waals surface area contributed by atoms with E-state index in [0.29, 0.717) is 24.1 Å². The summed E-state index contributed by atoms with van der Waals surface area (Å²) >= 11 is 0. The molecule has 1 fully saturated rings. The second-order valence-electron chi connectivity index (χ2n) is 6.72. The van der Waals surface area contributed by atoms with Gasteiger partial charge in [-0.25, -0.2) is 8.42 Å². The molecule has 1 aliphatic carbocycles. The normalized spacial score (nSPS) is 25.6. The number of rotatable bonds is 2. The third-order valence-electron chi connectivity index (χ3n) is 5.18. The van der Waals surface area contributed by atoms with Crippen molar-refractivity contribution in [1.82, 2.24) is 0 Å². The number of para-hydroxylation sites is 1.